The van der Waals surface area contributed by atoms with Gasteiger partial charge in [-0.3, -0.25) is 4.55 Å². The molecule has 1 aromatic heterocycles. The summed E-state index contributed by atoms with van der Waals surface area (Å²) in [6.45, 7) is 11.0. The largest absolute Gasteiger partial charge is 0.418 e. The summed E-state index contributed by atoms with van der Waals surface area (Å²) in [4.78, 5) is 13.5. The zero-order chi connectivity index (χ0) is 24.8. The summed E-state index contributed by atoms with van der Waals surface area (Å²) in [7, 11) is -10.7. The number of nitrogens with zero attached hydrogens (tertiary/aromatic N) is 4. The number of hydroxylamine groups is 2. The van der Waals surface area contributed by atoms with Gasteiger partial charge in [0.1, 0.15) is 10.9 Å². The van der Waals surface area contributed by atoms with Crippen molar-refractivity contribution < 1.29 is 34.9 Å². The zero-order valence-electron chi connectivity index (χ0n) is 19.0. The first-order chi connectivity index (χ1) is 15.0. The number of nitrogens with one attached hydrogen (secondary N) is 1. The van der Waals surface area contributed by atoms with Crippen molar-refractivity contribution in [3.8, 4) is 0 Å². The second-order valence-corrected chi connectivity index (χ2v) is 16.9. The third kappa shape index (κ3) is 5.82. The van der Waals surface area contributed by atoms with Gasteiger partial charge in [-0.2, -0.15) is 18.6 Å². The number of urea groups is 1. The molecule has 0 saturated carbocycles. The van der Waals surface area contributed by atoms with Crippen LogP contribution >= 0.6 is 0 Å². The van der Waals surface area contributed by atoms with Gasteiger partial charge in [0.25, 0.3) is 0 Å². The summed E-state index contributed by atoms with van der Waals surface area (Å²) in [5, 5.41) is 4.63. The normalized spacial score (nSPS) is 19.9. The number of sulfonamides is 1. The van der Waals surface area contributed by atoms with E-state index >= 15 is 0 Å². The fourth-order valence-electron chi connectivity index (χ4n) is 3.10. The van der Waals surface area contributed by atoms with Gasteiger partial charge in [0, 0.05) is 19.7 Å². The van der Waals surface area contributed by atoms with E-state index in [1.165, 1.54) is 28.1 Å². The zero-order valence-corrected chi connectivity index (χ0v) is 21.7. The lowest BCUT2D eigenvalue weighted by Crippen LogP contribution is -2.42. The van der Waals surface area contributed by atoms with E-state index in [2.05, 4.69) is 48.0 Å². The summed E-state index contributed by atoms with van der Waals surface area (Å²) < 4.78 is 70.3. The number of amides is 2. The molecule has 2 amide bonds. The van der Waals surface area contributed by atoms with Crippen LogP contribution in [0.5, 0.6) is 0 Å². The molecular weight excluding hydrogens is 494 g/mol. The van der Waals surface area contributed by atoms with Gasteiger partial charge < -0.3 is 9.33 Å². The van der Waals surface area contributed by atoms with Crippen molar-refractivity contribution >= 4 is 40.5 Å². The molecule has 0 aliphatic carbocycles. The second-order valence-electron chi connectivity index (χ2n) is 9.34. The molecule has 1 aromatic rings. The third-order valence-corrected chi connectivity index (χ3v) is 12.2. The summed E-state index contributed by atoms with van der Waals surface area (Å²) in [6, 6.07) is -1.54. The molecule has 2 aliphatic rings. The highest BCUT2D eigenvalue weighted by Crippen LogP contribution is 2.36. The van der Waals surface area contributed by atoms with Crippen LogP contribution in [0.2, 0.25) is 18.1 Å². The van der Waals surface area contributed by atoms with Gasteiger partial charge in [-0.15, -0.1) is 4.28 Å². The van der Waals surface area contributed by atoms with Gasteiger partial charge in [-0.1, -0.05) is 20.8 Å². The number of hydrogen-bond donors (Lipinski definition) is 2. The Kier molecular flexibility index (Phi) is 6.84. The second kappa shape index (κ2) is 8.75. The monoisotopic (exact) mass is 523 g/mol. The van der Waals surface area contributed by atoms with Gasteiger partial charge in [-0.25, -0.2) is 22.6 Å². The molecule has 1 fully saturated rings. The number of carbonyl (C=O) groups is 1. The van der Waals surface area contributed by atoms with Crippen molar-refractivity contribution in [3.05, 3.63) is 18.5 Å². The molecule has 0 radical (unpaired) electrons. The Balaban J connectivity index is 1.66. The van der Waals surface area contributed by atoms with Crippen LogP contribution in [0.15, 0.2) is 23.4 Å². The van der Waals surface area contributed by atoms with Gasteiger partial charge in [0.15, 0.2) is 8.32 Å². The SMILES string of the molecule is CC(C)(C)[Si](C)(C)OCCNS(=O)(=O)c1cnn(C2=CC3CN(C2)C(=O)N3OS(=O)(=O)O)c1. The van der Waals surface area contributed by atoms with Crippen molar-refractivity contribution in [1.29, 1.82) is 0 Å². The molecule has 2 aliphatic heterocycles. The van der Waals surface area contributed by atoms with Crippen LogP contribution < -0.4 is 4.72 Å². The molecule has 3 rings (SSSR count). The quantitative estimate of drug-likeness (QED) is 0.272. The van der Waals surface area contributed by atoms with Crippen LogP contribution in [0.3, 0.4) is 0 Å². The summed E-state index contributed by atoms with van der Waals surface area (Å²) in [5.41, 5.74) is 0.448. The molecule has 1 unspecified atom stereocenters. The van der Waals surface area contributed by atoms with Crippen molar-refractivity contribution in [2.24, 2.45) is 0 Å². The van der Waals surface area contributed by atoms with Crippen molar-refractivity contribution in [1.82, 2.24) is 24.5 Å². The van der Waals surface area contributed by atoms with Gasteiger partial charge >= 0.3 is 16.4 Å². The maximum absolute atomic E-state index is 12.6. The summed E-state index contributed by atoms with van der Waals surface area (Å²) >= 11 is 0. The predicted octanol–water partition coefficient (Wildman–Crippen LogP) is 0.878. The van der Waals surface area contributed by atoms with E-state index in [1.807, 2.05) is 0 Å². The molecule has 3 heterocycles. The van der Waals surface area contributed by atoms with Crippen LogP contribution in [0.4, 0.5) is 4.79 Å². The first kappa shape index (κ1) is 25.8. The average Bonchev–Trinajstić information content (AvgIpc) is 3.24. The Hall–Kier alpha value is -1.82. The minimum atomic E-state index is -4.87. The van der Waals surface area contributed by atoms with E-state index in [9.17, 15) is 21.6 Å². The number of fused-ring (bicyclic) bond motifs is 2. The molecule has 13 nitrogen and oxygen atoms in total. The van der Waals surface area contributed by atoms with Crippen molar-refractivity contribution in [2.75, 3.05) is 26.2 Å². The number of hydrogen-bond acceptors (Lipinski definition) is 8. The average molecular weight is 524 g/mol. The van der Waals surface area contributed by atoms with E-state index in [1.54, 1.807) is 0 Å². The van der Waals surface area contributed by atoms with E-state index in [0.29, 0.717) is 10.8 Å². The van der Waals surface area contributed by atoms with Crippen LogP contribution in [0, 0.1) is 0 Å². The molecule has 0 spiro atoms. The van der Waals surface area contributed by atoms with Crippen LogP contribution in [-0.2, 0) is 29.1 Å². The first-order valence-electron chi connectivity index (χ1n) is 10.1. The maximum Gasteiger partial charge on any atom is 0.418 e. The molecule has 0 aromatic carbocycles. The molecule has 1 atom stereocenters. The molecule has 2 N–H and O–H groups in total. The highest BCUT2D eigenvalue weighted by molar-refractivity contribution is 7.89. The Morgan fingerprint density at radius 2 is 1.94 bits per heavy atom. The van der Waals surface area contributed by atoms with Gasteiger partial charge in [0.05, 0.1) is 24.6 Å². The van der Waals surface area contributed by atoms with Gasteiger partial charge in [-0.05, 0) is 24.2 Å². The number of carbonyl (C=O) groups excluding carboxylic acids is 1. The molecule has 186 valence electrons. The molecule has 2 bridgehead atoms. The fraction of sp³-hybridized carbons (Fsp3) is 0.647. The summed E-state index contributed by atoms with van der Waals surface area (Å²) in [5.74, 6) is 0. The maximum atomic E-state index is 12.6. The van der Waals surface area contributed by atoms with Crippen LogP contribution in [-0.4, -0.2) is 87.8 Å². The van der Waals surface area contributed by atoms with Crippen LogP contribution in [0.1, 0.15) is 20.8 Å². The molecule has 1 saturated heterocycles. The Bertz CT molecular complexity index is 1160. The van der Waals surface area contributed by atoms with E-state index < -0.39 is 40.8 Å². The summed E-state index contributed by atoms with van der Waals surface area (Å²) in [6.07, 6.45) is 4.00. The minimum Gasteiger partial charge on any atom is -0.415 e. The highest BCUT2D eigenvalue weighted by Gasteiger charge is 2.43. The molecular formula is C17H29N5O8S2Si. The minimum absolute atomic E-state index is 0.0134. The third-order valence-electron chi connectivity index (χ3n) is 5.91. The lowest BCUT2D eigenvalue weighted by Gasteiger charge is -2.36. The van der Waals surface area contributed by atoms with E-state index in [4.69, 9.17) is 8.98 Å². The molecule has 33 heavy (non-hydrogen) atoms. The fourth-order valence-corrected chi connectivity index (χ4v) is 5.47. The van der Waals surface area contributed by atoms with Gasteiger partial charge in [0.2, 0.25) is 10.0 Å². The predicted molar refractivity (Wildman–Crippen MR) is 120 cm³/mol. The Labute approximate surface area is 194 Å². The van der Waals surface area contributed by atoms with Crippen molar-refractivity contribution in [3.63, 3.8) is 0 Å². The smallest absolute Gasteiger partial charge is 0.415 e. The van der Waals surface area contributed by atoms with Crippen LogP contribution in [0.25, 0.3) is 5.70 Å². The topological polar surface area (TPSA) is 160 Å². The lowest BCUT2D eigenvalue weighted by molar-refractivity contribution is -0.0183. The standard InChI is InChI=1S/C17H29N5O8S2Si/c1-17(2,3)33(4,5)29-7-6-19-31(24,25)15-9-18-21(12-15)13-8-14-11-20(10-13)16(23)22(14)30-32(26,27)28/h8-9,12,14,19H,6-7,10-11H2,1-5H3,(H,26,27,28). The molecule has 16 heteroatoms. The highest BCUT2D eigenvalue weighted by atomic mass is 32.3. The Morgan fingerprint density at radius 3 is 2.55 bits per heavy atom. The van der Waals surface area contributed by atoms with E-state index in [-0.39, 0.29) is 36.2 Å². The first-order valence-corrected chi connectivity index (χ1v) is 15.9. The number of rotatable bonds is 9. The Morgan fingerprint density at radius 1 is 1.27 bits per heavy atom. The van der Waals surface area contributed by atoms with E-state index in [0.717, 1.165) is 0 Å². The number of aromatic nitrogens is 2. The van der Waals surface area contributed by atoms with Crippen molar-refractivity contribution in [2.45, 2.75) is 49.8 Å². The lowest BCUT2D eigenvalue weighted by atomic mass is 10.2.